The Balaban J connectivity index is 2.87. The van der Waals surface area contributed by atoms with Gasteiger partial charge in [0.05, 0.1) is 7.11 Å². The minimum absolute atomic E-state index is 0.117. The molecule has 3 heteroatoms. The molecule has 0 amide bonds. The SMILES string of the molecule is COc1ccc(CCO)c(Cl)c1. The maximum Gasteiger partial charge on any atom is 0.120 e. The molecule has 12 heavy (non-hydrogen) atoms. The van der Waals surface area contributed by atoms with Gasteiger partial charge in [0.1, 0.15) is 5.75 Å². The summed E-state index contributed by atoms with van der Waals surface area (Å²) in [4.78, 5) is 0. The molecule has 2 nitrogen and oxygen atoms in total. The summed E-state index contributed by atoms with van der Waals surface area (Å²) in [7, 11) is 1.59. The van der Waals surface area contributed by atoms with Crippen LogP contribution in [0.25, 0.3) is 0 Å². The fourth-order valence-electron chi connectivity index (χ4n) is 0.978. The van der Waals surface area contributed by atoms with E-state index in [0.717, 1.165) is 11.3 Å². The van der Waals surface area contributed by atoms with Crippen molar-refractivity contribution in [2.75, 3.05) is 13.7 Å². The van der Waals surface area contributed by atoms with Gasteiger partial charge in [-0.3, -0.25) is 0 Å². The zero-order valence-corrected chi connectivity index (χ0v) is 7.64. The summed E-state index contributed by atoms with van der Waals surface area (Å²) in [5.41, 5.74) is 0.944. The van der Waals surface area contributed by atoms with E-state index in [4.69, 9.17) is 21.4 Å². The Morgan fingerprint density at radius 1 is 1.50 bits per heavy atom. The van der Waals surface area contributed by atoms with Gasteiger partial charge < -0.3 is 9.84 Å². The van der Waals surface area contributed by atoms with Gasteiger partial charge in [0.2, 0.25) is 0 Å². The van der Waals surface area contributed by atoms with Crippen molar-refractivity contribution in [3.05, 3.63) is 28.8 Å². The molecule has 0 aliphatic carbocycles. The monoisotopic (exact) mass is 186 g/mol. The molecule has 0 atom stereocenters. The molecule has 0 unspecified atom stereocenters. The van der Waals surface area contributed by atoms with Gasteiger partial charge in [-0.2, -0.15) is 0 Å². The first-order chi connectivity index (χ1) is 5.77. The molecule has 0 spiro atoms. The molecule has 66 valence electrons. The average Bonchev–Trinajstić information content (AvgIpc) is 2.09. The lowest BCUT2D eigenvalue weighted by Crippen LogP contribution is -1.92. The summed E-state index contributed by atoms with van der Waals surface area (Å²) in [5, 5.41) is 9.32. The van der Waals surface area contributed by atoms with Crippen molar-refractivity contribution in [3.8, 4) is 5.75 Å². The highest BCUT2D eigenvalue weighted by atomic mass is 35.5. The van der Waals surface area contributed by atoms with Crippen LogP contribution >= 0.6 is 11.6 Å². The third-order valence-electron chi connectivity index (χ3n) is 1.64. The van der Waals surface area contributed by atoms with Crippen LogP contribution in [0.2, 0.25) is 5.02 Å². The van der Waals surface area contributed by atoms with E-state index >= 15 is 0 Å². The quantitative estimate of drug-likeness (QED) is 0.781. The Labute approximate surface area is 76.7 Å². The number of aliphatic hydroxyl groups is 1. The van der Waals surface area contributed by atoms with Gasteiger partial charge in [-0.05, 0) is 24.1 Å². The summed E-state index contributed by atoms with van der Waals surface area (Å²) in [6.45, 7) is 0.117. The van der Waals surface area contributed by atoms with E-state index in [-0.39, 0.29) is 6.61 Å². The van der Waals surface area contributed by atoms with Crippen LogP contribution in [0.15, 0.2) is 18.2 Å². The second-order valence-corrected chi connectivity index (χ2v) is 2.84. The zero-order chi connectivity index (χ0) is 8.97. The first kappa shape index (κ1) is 9.36. The minimum atomic E-state index is 0.117. The number of halogens is 1. The molecule has 0 heterocycles. The molecule has 1 N–H and O–H groups in total. The highest BCUT2D eigenvalue weighted by Crippen LogP contribution is 2.22. The maximum absolute atomic E-state index is 8.68. The van der Waals surface area contributed by atoms with E-state index in [1.165, 1.54) is 0 Å². The minimum Gasteiger partial charge on any atom is -0.497 e. The lowest BCUT2D eigenvalue weighted by atomic mass is 10.1. The fraction of sp³-hybridized carbons (Fsp3) is 0.333. The molecule has 1 rings (SSSR count). The molecule has 1 aromatic carbocycles. The van der Waals surface area contributed by atoms with Gasteiger partial charge in [0.25, 0.3) is 0 Å². The van der Waals surface area contributed by atoms with E-state index in [1.54, 1.807) is 13.2 Å². The second-order valence-electron chi connectivity index (χ2n) is 2.43. The topological polar surface area (TPSA) is 29.5 Å². The largest absolute Gasteiger partial charge is 0.497 e. The molecule has 1 aromatic rings. The highest BCUT2D eigenvalue weighted by molar-refractivity contribution is 6.31. The summed E-state index contributed by atoms with van der Waals surface area (Å²) in [6.07, 6.45) is 0.586. The van der Waals surface area contributed by atoms with Gasteiger partial charge in [0.15, 0.2) is 0 Å². The van der Waals surface area contributed by atoms with Crippen LogP contribution in [-0.2, 0) is 6.42 Å². The lowest BCUT2D eigenvalue weighted by molar-refractivity contribution is 0.299. The number of ether oxygens (including phenoxy) is 1. The van der Waals surface area contributed by atoms with Crippen LogP contribution in [0, 0.1) is 0 Å². The highest BCUT2D eigenvalue weighted by Gasteiger charge is 2.00. The number of aliphatic hydroxyl groups excluding tert-OH is 1. The molecule has 0 aliphatic rings. The maximum atomic E-state index is 8.68. The number of benzene rings is 1. The third-order valence-corrected chi connectivity index (χ3v) is 1.99. The normalized spacial score (nSPS) is 9.92. The summed E-state index contributed by atoms with van der Waals surface area (Å²) in [5.74, 6) is 0.738. The van der Waals surface area contributed by atoms with Crippen molar-refractivity contribution in [2.45, 2.75) is 6.42 Å². The van der Waals surface area contributed by atoms with Crippen LogP contribution < -0.4 is 4.74 Å². The van der Waals surface area contributed by atoms with Gasteiger partial charge in [-0.25, -0.2) is 0 Å². The summed E-state index contributed by atoms with van der Waals surface area (Å²) < 4.78 is 4.98. The standard InChI is InChI=1S/C9H11ClO2/c1-12-8-3-2-7(4-5-11)9(10)6-8/h2-3,6,11H,4-5H2,1H3. The van der Waals surface area contributed by atoms with Crippen LogP contribution in [0.1, 0.15) is 5.56 Å². The number of hydrogen-bond acceptors (Lipinski definition) is 2. The molecule has 0 radical (unpaired) electrons. The number of rotatable bonds is 3. The van der Waals surface area contributed by atoms with Gasteiger partial charge >= 0.3 is 0 Å². The van der Waals surface area contributed by atoms with Gasteiger partial charge in [-0.15, -0.1) is 0 Å². The van der Waals surface area contributed by atoms with Crippen molar-refractivity contribution in [1.82, 2.24) is 0 Å². The van der Waals surface area contributed by atoms with Crippen molar-refractivity contribution in [2.24, 2.45) is 0 Å². The first-order valence-corrected chi connectivity index (χ1v) is 4.09. The van der Waals surface area contributed by atoms with E-state index in [9.17, 15) is 0 Å². The predicted octanol–water partition coefficient (Wildman–Crippen LogP) is 1.88. The Hall–Kier alpha value is -0.730. The predicted molar refractivity (Wildman–Crippen MR) is 48.8 cm³/mol. The lowest BCUT2D eigenvalue weighted by Gasteiger charge is -2.04. The molecule has 0 saturated heterocycles. The summed E-state index contributed by atoms with van der Waals surface area (Å²) in [6, 6.07) is 5.43. The first-order valence-electron chi connectivity index (χ1n) is 3.71. The van der Waals surface area contributed by atoms with Crippen LogP contribution in [-0.4, -0.2) is 18.8 Å². The van der Waals surface area contributed by atoms with Crippen molar-refractivity contribution in [3.63, 3.8) is 0 Å². The Kier molecular flexibility index (Phi) is 3.38. The number of methoxy groups -OCH3 is 1. The molecule has 0 saturated carbocycles. The van der Waals surface area contributed by atoms with Crippen LogP contribution in [0.3, 0.4) is 0 Å². The van der Waals surface area contributed by atoms with Gasteiger partial charge in [0, 0.05) is 11.6 Å². The smallest absolute Gasteiger partial charge is 0.120 e. The summed E-state index contributed by atoms with van der Waals surface area (Å²) >= 11 is 5.90. The Morgan fingerprint density at radius 3 is 2.75 bits per heavy atom. The Morgan fingerprint density at radius 2 is 2.25 bits per heavy atom. The van der Waals surface area contributed by atoms with E-state index in [2.05, 4.69) is 0 Å². The molecule has 0 aromatic heterocycles. The van der Waals surface area contributed by atoms with Gasteiger partial charge in [-0.1, -0.05) is 17.7 Å². The van der Waals surface area contributed by atoms with Crippen LogP contribution in [0.5, 0.6) is 5.75 Å². The van der Waals surface area contributed by atoms with Crippen molar-refractivity contribution in [1.29, 1.82) is 0 Å². The van der Waals surface area contributed by atoms with E-state index in [0.29, 0.717) is 11.4 Å². The molecule has 0 fully saturated rings. The molecule has 0 bridgehead atoms. The zero-order valence-electron chi connectivity index (χ0n) is 6.88. The number of hydrogen-bond donors (Lipinski definition) is 1. The Bertz CT molecular complexity index is 261. The third kappa shape index (κ3) is 2.13. The molecular formula is C9H11ClO2. The average molecular weight is 187 g/mol. The van der Waals surface area contributed by atoms with Crippen molar-refractivity contribution < 1.29 is 9.84 Å². The van der Waals surface area contributed by atoms with E-state index < -0.39 is 0 Å². The molecular weight excluding hydrogens is 176 g/mol. The molecule has 0 aliphatic heterocycles. The fourth-order valence-corrected chi connectivity index (χ4v) is 1.24. The van der Waals surface area contributed by atoms with Crippen molar-refractivity contribution >= 4 is 11.6 Å². The van der Waals surface area contributed by atoms with Crippen LogP contribution in [0.4, 0.5) is 0 Å². The second kappa shape index (κ2) is 4.33. The van der Waals surface area contributed by atoms with E-state index in [1.807, 2.05) is 12.1 Å².